The number of pyridine rings is 3. The maximum Gasteiger partial charge on any atom is 0.323 e. The first-order chi connectivity index (χ1) is 12.5. The van der Waals surface area contributed by atoms with E-state index in [1.54, 1.807) is 30.6 Å². The van der Waals surface area contributed by atoms with Crippen molar-refractivity contribution in [3.05, 3.63) is 77.2 Å². The van der Waals surface area contributed by atoms with Gasteiger partial charge in [-0.2, -0.15) is 0 Å². The van der Waals surface area contributed by atoms with Gasteiger partial charge >= 0.3 is 5.97 Å². The predicted molar refractivity (Wildman–Crippen MR) is 93.8 cm³/mol. The molecular weight excluding hydrogens is 336 g/mol. The molecule has 0 saturated heterocycles. The van der Waals surface area contributed by atoms with Crippen LogP contribution >= 0.6 is 0 Å². The van der Waals surface area contributed by atoms with Crippen molar-refractivity contribution in [2.45, 2.75) is 6.54 Å². The van der Waals surface area contributed by atoms with E-state index in [4.69, 9.17) is 5.11 Å². The summed E-state index contributed by atoms with van der Waals surface area (Å²) in [6.45, 7) is -0.489. The minimum Gasteiger partial charge on any atom is -0.480 e. The molecule has 8 nitrogen and oxygen atoms in total. The molecule has 0 atom stereocenters. The molecular formula is C18H14N4O4. The number of nitrogens with zero attached hydrogens (tertiary/aromatic N) is 3. The van der Waals surface area contributed by atoms with E-state index in [9.17, 15) is 14.4 Å². The Hall–Kier alpha value is -3.81. The van der Waals surface area contributed by atoms with Crippen molar-refractivity contribution in [1.82, 2.24) is 14.5 Å². The average molecular weight is 350 g/mol. The number of nitrogens with one attached hydrogen (secondary N) is 1. The van der Waals surface area contributed by atoms with Gasteiger partial charge < -0.3 is 15.0 Å². The highest BCUT2D eigenvalue weighted by molar-refractivity contribution is 6.03. The molecule has 0 aliphatic rings. The maximum atomic E-state index is 12.4. The van der Waals surface area contributed by atoms with Crippen molar-refractivity contribution in [3.63, 3.8) is 0 Å². The molecule has 0 aromatic carbocycles. The van der Waals surface area contributed by atoms with E-state index in [1.807, 2.05) is 6.07 Å². The first-order valence-electron chi connectivity index (χ1n) is 7.63. The maximum absolute atomic E-state index is 12.4. The third-order valence-corrected chi connectivity index (χ3v) is 3.53. The van der Waals surface area contributed by atoms with Crippen LogP contribution in [0.25, 0.3) is 11.1 Å². The second kappa shape index (κ2) is 7.39. The molecule has 3 heterocycles. The van der Waals surface area contributed by atoms with Crippen molar-refractivity contribution in [2.24, 2.45) is 0 Å². The van der Waals surface area contributed by atoms with Crippen molar-refractivity contribution in [3.8, 4) is 11.1 Å². The molecule has 130 valence electrons. The number of aromatic nitrogens is 3. The van der Waals surface area contributed by atoms with Crippen molar-refractivity contribution < 1.29 is 14.7 Å². The van der Waals surface area contributed by atoms with Crippen LogP contribution in [0.1, 0.15) is 10.5 Å². The average Bonchev–Trinajstić information content (AvgIpc) is 2.65. The number of rotatable bonds is 5. The minimum absolute atomic E-state index is 0.183. The highest BCUT2D eigenvalue weighted by Crippen LogP contribution is 2.18. The summed E-state index contributed by atoms with van der Waals surface area (Å²) in [7, 11) is 0. The molecule has 0 spiro atoms. The lowest BCUT2D eigenvalue weighted by molar-refractivity contribution is -0.137. The molecule has 0 aliphatic heterocycles. The van der Waals surface area contributed by atoms with E-state index in [1.165, 1.54) is 24.5 Å². The van der Waals surface area contributed by atoms with E-state index < -0.39 is 24.0 Å². The van der Waals surface area contributed by atoms with E-state index in [0.29, 0.717) is 5.69 Å². The van der Waals surface area contributed by atoms with Crippen molar-refractivity contribution in [2.75, 3.05) is 5.32 Å². The van der Waals surface area contributed by atoms with Gasteiger partial charge in [-0.3, -0.25) is 24.4 Å². The molecule has 0 bridgehead atoms. The molecule has 0 saturated carbocycles. The number of hydrogen-bond acceptors (Lipinski definition) is 5. The quantitative estimate of drug-likeness (QED) is 0.723. The summed E-state index contributed by atoms with van der Waals surface area (Å²) >= 11 is 0. The fourth-order valence-corrected chi connectivity index (χ4v) is 2.34. The van der Waals surface area contributed by atoms with Crippen LogP contribution in [0.3, 0.4) is 0 Å². The highest BCUT2D eigenvalue weighted by Gasteiger charge is 2.11. The van der Waals surface area contributed by atoms with E-state index in [2.05, 4.69) is 15.3 Å². The second-order valence-corrected chi connectivity index (χ2v) is 5.40. The molecule has 26 heavy (non-hydrogen) atoms. The van der Waals surface area contributed by atoms with Crippen LogP contribution in [-0.2, 0) is 11.3 Å². The van der Waals surface area contributed by atoms with Gasteiger partial charge in [-0.1, -0.05) is 6.07 Å². The Labute approximate surface area is 147 Å². The number of amides is 1. The van der Waals surface area contributed by atoms with Crippen LogP contribution in [0.2, 0.25) is 0 Å². The molecule has 0 unspecified atom stereocenters. The summed E-state index contributed by atoms with van der Waals surface area (Å²) in [5.74, 6) is -1.63. The number of carbonyl (C=O) groups excluding carboxylic acids is 1. The second-order valence-electron chi connectivity index (χ2n) is 5.40. The minimum atomic E-state index is -1.15. The third-order valence-electron chi connectivity index (χ3n) is 3.53. The van der Waals surface area contributed by atoms with Gasteiger partial charge in [0, 0.05) is 36.4 Å². The smallest absolute Gasteiger partial charge is 0.323 e. The summed E-state index contributed by atoms with van der Waals surface area (Å²) in [4.78, 5) is 42.9. The SMILES string of the molecule is O=C(O)Cn1cc(NC(=O)c2cc(-c3cccnc3)ccn2)ccc1=O. The van der Waals surface area contributed by atoms with Crippen molar-refractivity contribution in [1.29, 1.82) is 0 Å². The van der Waals surface area contributed by atoms with Gasteiger partial charge in [0.2, 0.25) is 0 Å². The van der Waals surface area contributed by atoms with Gasteiger partial charge in [0.25, 0.3) is 11.5 Å². The number of anilines is 1. The lowest BCUT2D eigenvalue weighted by Crippen LogP contribution is -2.24. The first kappa shape index (κ1) is 17.0. The van der Waals surface area contributed by atoms with Gasteiger partial charge in [-0.05, 0) is 29.8 Å². The Balaban J connectivity index is 1.83. The summed E-state index contributed by atoms with van der Waals surface area (Å²) in [5, 5.41) is 11.4. The molecule has 0 radical (unpaired) electrons. The fraction of sp³-hybridized carbons (Fsp3) is 0.0556. The summed E-state index contributed by atoms with van der Waals surface area (Å²) < 4.78 is 0.997. The van der Waals surface area contributed by atoms with Crippen LogP contribution in [-0.4, -0.2) is 31.5 Å². The predicted octanol–water partition coefficient (Wildman–Crippen LogP) is 1.64. The van der Waals surface area contributed by atoms with Crippen LogP contribution in [0.5, 0.6) is 0 Å². The van der Waals surface area contributed by atoms with E-state index >= 15 is 0 Å². The fourth-order valence-electron chi connectivity index (χ4n) is 2.34. The number of carbonyl (C=O) groups is 2. The zero-order valence-corrected chi connectivity index (χ0v) is 13.5. The van der Waals surface area contributed by atoms with Gasteiger partial charge in [-0.25, -0.2) is 0 Å². The van der Waals surface area contributed by atoms with Crippen molar-refractivity contribution >= 4 is 17.6 Å². The molecule has 1 amide bonds. The lowest BCUT2D eigenvalue weighted by atomic mass is 10.1. The Morgan fingerprint density at radius 2 is 1.96 bits per heavy atom. The monoisotopic (exact) mass is 350 g/mol. The van der Waals surface area contributed by atoms with E-state index in [0.717, 1.165) is 15.7 Å². The Morgan fingerprint density at radius 1 is 1.12 bits per heavy atom. The molecule has 2 N–H and O–H groups in total. The number of hydrogen-bond donors (Lipinski definition) is 2. The lowest BCUT2D eigenvalue weighted by Gasteiger charge is -2.08. The van der Waals surface area contributed by atoms with Gasteiger partial charge in [0.1, 0.15) is 12.2 Å². The summed E-state index contributed by atoms with van der Waals surface area (Å²) in [6.07, 6.45) is 6.13. The zero-order valence-electron chi connectivity index (χ0n) is 13.5. The van der Waals surface area contributed by atoms with Crippen LogP contribution in [0.4, 0.5) is 5.69 Å². The first-order valence-corrected chi connectivity index (χ1v) is 7.63. The standard InChI is InChI=1S/C18H14N4O4/c23-16-4-3-14(10-22(16)11-17(24)25)21-18(26)15-8-12(5-7-20-15)13-2-1-6-19-9-13/h1-10H,11H2,(H,21,26)(H,24,25). The van der Waals surface area contributed by atoms with Crippen LogP contribution in [0, 0.1) is 0 Å². The van der Waals surface area contributed by atoms with Gasteiger partial charge in [0.15, 0.2) is 0 Å². The topological polar surface area (TPSA) is 114 Å². The molecule has 0 fully saturated rings. The Bertz CT molecular complexity index is 1010. The number of carboxylic acid groups (broad SMARTS) is 1. The van der Waals surface area contributed by atoms with Crippen LogP contribution in [0.15, 0.2) is 66.0 Å². The third kappa shape index (κ3) is 3.99. The highest BCUT2D eigenvalue weighted by atomic mass is 16.4. The number of aliphatic carboxylic acids is 1. The summed E-state index contributed by atoms with van der Waals surface area (Å²) in [6, 6.07) is 9.65. The summed E-state index contributed by atoms with van der Waals surface area (Å²) in [5.41, 5.74) is 1.64. The Kier molecular flexibility index (Phi) is 4.84. The zero-order chi connectivity index (χ0) is 18.5. The molecule has 3 aromatic heterocycles. The molecule has 3 rings (SSSR count). The number of carboxylic acids is 1. The Morgan fingerprint density at radius 3 is 2.69 bits per heavy atom. The van der Waals surface area contributed by atoms with Gasteiger partial charge in [0.05, 0.1) is 5.69 Å². The largest absolute Gasteiger partial charge is 0.480 e. The normalized spacial score (nSPS) is 10.3. The molecule has 3 aromatic rings. The van der Waals surface area contributed by atoms with Gasteiger partial charge in [-0.15, -0.1) is 0 Å². The van der Waals surface area contributed by atoms with E-state index in [-0.39, 0.29) is 5.69 Å². The van der Waals surface area contributed by atoms with Crippen LogP contribution < -0.4 is 10.9 Å². The molecule has 0 aliphatic carbocycles. The molecule has 8 heteroatoms.